The molecule has 0 spiro atoms. The van der Waals surface area contributed by atoms with Crippen LogP contribution in [-0.4, -0.2) is 11.6 Å². The highest BCUT2D eigenvalue weighted by molar-refractivity contribution is 7.16. The Morgan fingerprint density at radius 1 is 1.25 bits per heavy atom. The molecule has 0 fully saturated rings. The Labute approximate surface area is 122 Å². The van der Waals surface area contributed by atoms with Gasteiger partial charge in [0.25, 0.3) is 5.91 Å². The molecule has 0 saturated heterocycles. The van der Waals surface area contributed by atoms with E-state index in [-0.39, 0.29) is 5.91 Å². The maximum Gasteiger partial charge on any atom is 0.256 e. The van der Waals surface area contributed by atoms with E-state index in [9.17, 15) is 4.79 Å². The van der Waals surface area contributed by atoms with Gasteiger partial charge in [-0.05, 0) is 38.5 Å². The lowest BCUT2D eigenvalue weighted by Gasteiger charge is -2.06. The fourth-order valence-corrected chi connectivity index (χ4v) is 3.09. The van der Waals surface area contributed by atoms with Crippen LogP contribution in [0.3, 0.4) is 0 Å². The van der Waals surface area contributed by atoms with Gasteiger partial charge >= 0.3 is 0 Å². The second-order valence-corrected chi connectivity index (χ2v) is 5.75. The first kappa shape index (κ1) is 14.3. The molecular weight excluding hydrogens is 270 g/mol. The highest BCUT2D eigenvalue weighted by atomic mass is 32.1. The SMILES string of the molecule is C/C(=N\N)c1c(NC(=O)c2ccccc2)sc(C)c1C. The molecule has 0 aliphatic carbocycles. The van der Waals surface area contributed by atoms with Gasteiger partial charge in [-0.2, -0.15) is 5.10 Å². The molecule has 0 saturated carbocycles. The van der Waals surface area contributed by atoms with Crippen molar-refractivity contribution >= 4 is 28.0 Å². The van der Waals surface area contributed by atoms with Crippen LogP contribution in [0.2, 0.25) is 0 Å². The van der Waals surface area contributed by atoms with Crippen molar-refractivity contribution < 1.29 is 4.79 Å². The van der Waals surface area contributed by atoms with Gasteiger partial charge < -0.3 is 11.2 Å². The van der Waals surface area contributed by atoms with Gasteiger partial charge in [0, 0.05) is 16.0 Å². The largest absolute Gasteiger partial charge is 0.323 e. The lowest BCUT2D eigenvalue weighted by atomic mass is 10.1. The van der Waals surface area contributed by atoms with Gasteiger partial charge in [-0.25, -0.2) is 0 Å². The number of benzene rings is 1. The number of hydrazone groups is 1. The molecule has 2 rings (SSSR count). The number of amides is 1. The molecule has 0 aliphatic rings. The number of hydrogen-bond acceptors (Lipinski definition) is 4. The number of rotatable bonds is 3. The van der Waals surface area contributed by atoms with Crippen LogP contribution in [0.15, 0.2) is 35.4 Å². The molecule has 1 amide bonds. The summed E-state index contributed by atoms with van der Waals surface area (Å²) in [5.41, 5.74) is 3.36. The van der Waals surface area contributed by atoms with Crippen LogP contribution in [0.25, 0.3) is 0 Å². The van der Waals surface area contributed by atoms with E-state index in [0.717, 1.165) is 26.7 Å². The van der Waals surface area contributed by atoms with Gasteiger partial charge in [0.2, 0.25) is 0 Å². The molecule has 0 bridgehead atoms. The topological polar surface area (TPSA) is 67.5 Å². The van der Waals surface area contributed by atoms with Crippen molar-refractivity contribution in [2.75, 3.05) is 5.32 Å². The average molecular weight is 287 g/mol. The normalized spacial score (nSPS) is 11.4. The Morgan fingerprint density at radius 2 is 1.90 bits per heavy atom. The number of nitrogens with zero attached hydrogens (tertiary/aromatic N) is 1. The minimum atomic E-state index is -0.127. The lowest BCUT2D eigenvalue weighted by molar-refractivity contribution is 0.102. The number of anilines is 1. The Balaban J connectivity index is 2.35. The Bertz CT molecular complexity index is 659. The van der Waals surface area contributed by atoms with Crippen LogP contribution < -0.4 is 11.2 Å². The third-order valence-electron chi connectivity index (χ3n) is 3.20. The van der Waals surface area contributed by atoms with Crippen LogP contribution in [0.4, 0.5) is 5.00 Å². The zero-order valence-electron chi connectivity index (χ0n) is 11.7. The number of thiophene rings is 1. The molecular formula is C15H17N3OS. The predicted molar refractivity (Wildman–Crippen MR) is 84.6 cm³/mol. The smallest absolute Gasteiger partial charge is 0.256 e. The molecule has 2 aromatic rings. The first-order valence-corrected chi connectivity index (χ1v) is 7.07. The van der Waals surface area contributed by atoms with E-state index in [4.69, 9.17) is 5.84 Å². The number of aryl methyl sites for hydroxylation is 1. The minimum Gasteiger partial charge on any atom is -0.323 e. The monoisotopic (exact) mass is 287 g/mol. The second-order valence-electron chi connectivity index (χ2n) is 4.52. The molecule has 0 aliphatic heterocycles. The Kier molecular flexibility index (Phi) is 4.20. The predicted octanol–water partition coefficient (Wildman–Crippen LogP) is 3.30. The quantitative estimate of drug-likeness (QED) is 0.516. The van der Waals surface area contributed by atoms with Crippen molar-refractivity contribution in [2.45, 2.75) is 20.8 Å². The van der Waals surface area contributed by atoms with Crippen LogP contribution >= 0.6 is 11.3 Å². The summed E-state index contributed by atoms with van der Waals surface area (Å²) in [7, 11) is 0. The maximum absolute atomic E-state index is 12.2. The number of carbonyl (C=O) groups excluding carboxylic acids is 1. The first-order valence-electron chi connectivity index (χ1n) is 6.25. The van der Waals surface area contributed by atoms with Gasteiger partial charge in [-0.1, -0.05) is 18.2 Å². The third kappa shape index (κ3) is 2.72. The summed E-state index contributed by atoms with van der Waals surface area (Å²) < 4.78 is 0. The van der Waals surface area contributed by atoms with E-state index >= 15 is 0 Å². The number of nitrogens with two attached hydrogens (primary N) is 1. The molecule has 1 aromatic carbocycles. The Morgan fingerprint density at radius 3 is 2.50 bits per heavy atom. The summed E-state index contributed by atoms with van der Waals surface area (Å²) >= 11 is 1.54. The highest BCUT2D eigenvalue weighted by Gasteiger charge is 2.17. The molecule has 0 radical (unpaired) electrons. The summed E-state index contributed by atoms with van der Waals surface area (Å²) in [6.45, 7) is 5.87. The Hall–Kier alpha value is -2.14. The van der Waals surface area contributed by atoms with E-state index in [1.54, 1.807) is 12.1 Å². The van der Waals surface area contributed by atoms with Crippen molar-refractivity contribution in [1.29, 1.82) is 0 Å². The van der Waals surface area contributed by atoms with Crippen molar-refractivity contribution in [3.63, 3.8) is 0 Å². The van der Waals surface area contributed by atoms with E-state index in [1.165, 1.54) is 11.3 Å². The van der Waals surface area contributed by atoms with Crippen LogP contribution in [0.1, 0.15) is 33.3 Å². The van der Waals surface area contributed by atoms with Crippen molar-refractivity contribution in [2.24, 2.45) is 10.9 Å². The molecule has 20 heavy (non-hydrogen) atoms. The lowest BCUT2D eigenvalue weighted by Crippen LogP contribution is -2.13. The van der Waals surface area contributed by atoms with Gasteiger partial charge in [0.05, 0.1) is 5.71 Å². The van der Waals surface area contributed by atoms with Crippen molar-refractivity contribution in [3.8, 4) is 0 Å². The molecule has 104 valence electrons. The van der Waals surface area contributed by atoms with Gasteiger partial charge in [-0.3, -0.25) is 4.79 Å². The number of hydrogen-bond donors (Lipinski definition) is 2. The summed E-state index contributed by atoms with van der Waals surface area (Å²) in [4.78, 5) is 13.4. The molecule has 4 nitrogen and oxygen atoms in total. The summed E-state index contributed by atoms with van der Waals surface area (Å²) in [6.07, 6.45) is 0. The fraction of sp³-hybridized carbons (Fsp3) is 0.200. The van der Waals surface area contributed by atoms with E-state index in [1.807, 2.05) is 39.0 Å². The van der Waals surface area contributed by atoms with Gasteiger partial charge in [0.15, 0.2) is 0 Å². The van der Waals surface area contributed by atoms with Crippen LogP contribution in [0.5, 0.6) is 0 Å². The van der Waals surface area contributed by atoms with Crippen LogP contribution in [-0.2, 0) is 0 Å². The molecule has 1 aromatic heterocycles. The maximum atomic E-state index is 12.2. The first-order chi connectivity index (χ1) is 9.54. The molecule has 0 unspecified atom stereocenters. The zero-order chi connectivity index (χ0) is 14.7. The minimum absolute atomic E-state index is 0.127. The van der Waals surface area contributed by atoms with Crippen molar-refractivity contribution in [1.82, 2.24) is 0 Å². The van der Waals surface area contributed by atoms with Gasteiger partial charge in [0.1, 0.15) is 5.00 Å². The summed E-state index contributed by atoms with van der Waals surface area (Å²) in [6, 6.07) is 9.13. The average Bonchev–Trinajstić information content (AvgIpc) is 2.74. The highest BCUT2D eigenvalue weighted by Crippen LogP contribution is 2.33. The summed E-state index contributed by atoms with van der Waals surface area (Å²) in [5.74, 6) is 5.25. The van der Waals surface area contributed by atoms with Gasteiger partial charge in [-0.15, -0.1) is 11.3 Å². The molecule has 0 atom stereocenters. The van der Waals surface area contributed by atoms with E-state index < -0.39 is 0 Å². The molecule has 3 N–H and O–H groups in total. The fourth-order valence-electron chi connectivity index (χ4n) is 1.98. The second kappa shape index (κ2) is 5.88. The zero-order valence-corrected chi connectivity index (χ0v) is 12.5. The van der Waals surface area contributed by atoms with E-state index in [2.05, 4.69) is 10.4 Å². The standard InChI is InChI=1S/C15H17N3OS/c1-9-11(3)20-15(13(9)10(2)18-16)17-14(19)12-7-5-4-6-8-12/h4-8H,16H2,1-3H3,(H,17,19)/b18-10+. The molecule has 1 heterocycles. The molecule has 5 heteroatoms. The van der Waals surface area contributed by atoms with E-state index in [0.29, 0.717) is 5.56 Å². The number of carbonyl (C=O) groups is 1. The third-order valence-corrected chi connectivity index (χ3v) is 4.33. The summed E-state index contributed by atoms with van der Waals surface area (Å²) in [5, 5.41) is 7.48. The van der Waals surface area contributed by atoms with Crippen molar-refractivity contribution in [3.05, 3.63) is 51.9 Å². The number of nitrogens with one attached hydrogen (secondary N) is 1. The van der Waals surface area contributed by atoms with Crippen LogP contribution in [0, 0.1) is 13.8 Å².